The zero-order valence-electron chi connectivity index (χ0n) is 9.07. The molecule has 1 heterocycles. The monoisotopic (exact) mass is 217 g/mol. The van der Waals surface area contributed by atoms with Crippen molar-refractivity contribution in [3.8, 4) is 0 Å². The van der Waals surface area contributed by atoms with Crippen LogP contribution in [0.5, 0.6) is 0 Å². The van der Waals surface area contributed by atoms with Crippen molar-refractivity contribution in [2.24, 2.45) is 0 Å². The second-order valence-corrected chi connectivity index (χ2v) is 3.69. The summed E-state index contributed by atoms with van der Waals surface area (Å²) in [5.74, 6) is -0.0721. The Kier molecular flexibility index (Phi) is 5.60. The highest BCUT2D eigenvalue weighted by atomic mass is 16.5. The van der Waals surface area contributed by atoms with Crippen LogP contribution in [0.15, 0.2) is 0 Å². The van der Waals surface area contributed by atoms with Gasteiger partial charge in [-0.1, -0.05) is 0 Å². The van der Waals surface area contributed by atoms with Gasteiger partial charge in [-0.3, -0.25) is 4.79 Å². The van der Waals surface area contributed by atoms with E-state index in [4.69, 9.17) is 9.47 Å². The lowest BCUT2D eigenvalue weighted by atomic mass is 10.2. The molecule has 1 saturated heterocycles. The van der Waals surface area contributed by atoms with Crippen LogP contribution >= 0.6 is 0 Å². The van der Waals surface area contributed by atoms with Crippen molar-refractivity contribution in [1.82, 2.24) is 5.32 Å². The van der Waals surface area contributed by atoms with Gasteiger partial charge in [-0.25, -0.2) is 0 Å². The van der Waals surface area contributed by atoms with Gasteiger partial charge < -0.3 is 19.9 Å². The van der Waals surface area contributed by atoms with E-state index in [1.54, 1.807) is 0 Å². The molecule has 88 valence electrons. The van der Waals surface area contributed by atoms with Gasteiger partial charge in [0.25, 0.3) is 0 Å². The second kappa shape index (κ2) is 6.76. The van der Waals surface area contributed by atoms with Crippen LogP contribution in [0.3, 0.4) is 0 Å². The molecule has 1 unspecified atom stereocenters. The lowest BCUT2D eigenvalue weighted by Crippen LogP contribution is -2.36. The quantitative estimate of drug-likeness (QED) is 0.640. The van der Waals surface area contributed by atoms with Crippen LogP contribution in [0.1, 0.15) is 19.3 Å². The molecular weight excluding hydrogens is 198 g/mol. The second-order valence-electron chi connectivity index (χ2n) is 3.69. The molecule has 1 aliphatic rings. The Morgan fingerprint density at radius 1 is 1.73 bits per heavy atom. The van der Waals surface area contributed by atoms with Crippen LogP contribution in [-0.4, -0.2) is 50.1 Å². The molecule has 1 fully saturated rings. The normalized spacial score (nSPS) is 22.7. The minimum absolute atomic E-state index is 0.0721. The molecule has 0 radical (unpaired) electrons. The molecule has 0 bridgehead atoms. The Balaban J connectivity index is 2.06. The van der Waals surface area contributed by atoms with E-state index in [2.05, 4.69) is 5.32 Å². The largest absolute Gasteiger partial charge is 0.391 e. The van der Waals surface area contributed by atoms with Crippen molar-refractivity contribution in [1.29, 1.82) is 0 Å². The van der Waals surface area contributed by atoms with E-state index in [-0.39, 0.29) is 12.0 Å². The predicted octanol–water partition coefficient (Wildman–Crippen LogP) is -0.321. The molecular formula is C10H19NO4. The first-order valence-electron chi connectivity index (χ1n) is 5.30. The third kappa shape index (κ3) is 4.59. The molecule has 1 aliphatic heterocycles. The molecule has 5 heteroatoms. The maximum Gasteiger partial charge on any atom is 0.249 e. The first kappa shape index (κ1) is 12.4. The summed E-state index contributed by atoms with van der Waals surface area (Å²) in [6.45, 7) is 1.43. The van der Waals surface area contributed by atoms with Crippen LogP contribution in [0, 0.1) is 0 Å². The summed E-state index contributed by atoms with van der Waals surface area (Å²) < 4.78 is 9.99. The standard InChI is InChI=1S/C10H19NO4/c1-14-7-8(12)4-5-11-10(13)9-3-2-6-15-9/h8-9,12H,2-7H2,1H3,(H,11,13)/t8?,9-/m0/s1. The van der Waals surface area contributed by atoms with E-state index < -0.39 is 6.10 Å². The maximum absolute atomic E-state index is 11.4. The van der Waals surface area contributed by atoms with Gasteiger partial charge in [0.05, 0.1) is 12.7 Å². The maximum atomic E-state index is 11.4. The molecule has 1 amide bonds. The minimum Gasteiger partial charge on any atom is -0.391 e. The summed E-state index contributed by atoms with van der Waals surface area (Å²) in [5, 5.41) is 12.1. The highest BCUT2D eigenvalue weighted by Gasteiger charge is 2.22. The summed E-state index contributed by atoms with van der Waals surface area (Å²) in [7, 11) is 1.54. The molecule has 1 rings (SSSR count). The number of rotatable bonds is 6. The number of aliphatic hydroxyl groups excluding tert-OH is 1. The average Bonchev–Trinajstić information content (AvgIpc) is 2.70. The fourth-order valence-corrected chi connectivity index (χ4v) is 1.54. The topological polar surface area (TPSA) is 67.8 Å². The highest BCUT2D eigenvalue weighted by Crippen LogP contribution is 2.11. The van der Waals surface area contributed by atoms with Crippen LogP contribution in [0.2, 0.25) is 0 Å². The number of methoxy groups -OCH3 is 1. The molecule has 0 aliphatic carbocycles. The van der Waals surface area contributed by atoms with Crippen molar-refractivity contribution in [2.75, 3.05) is 26.9 Å². The SMILES string of the molecule is COCC(O)CCNC(=O)[C@@H]1CCCO1. The number of carbonyl (C=O) groups excluding carboxylic acids is 1. The Hall–Kier alpha value is -0.650. The van der Waals surface area contributed by atoms with Crippen LogP contribution < -0.4 is 5.32 Å². The van der Waals surface area contributed by atoms with Crippen molar-refractivity contribution >= 4 is 5.91 Å². The summed E-state index contributed by atoms with van der Waals surface area (Å²) in [4.78, 5) is 11.4. The summed E-state index contributed by atoms with van der Waals surface area (Å²) in [5.41, 5.74) is 0. The lowest BCUT2D eigenvalue weighted by molar-refractivity contribution is -0.130. The number of amides is 1. The zero-order valence-corrected chi connectivity index (χ0v) is 9.07. The molecule has 0 aromatic heterocycles. The van der Waals surface area contributed by atoms with Gasteiger partial charge in [-0.05, 0) is 19.3 Å². The molecule has 0 saturated carbocycles. The number of hydrogen-bond donors (Lipinski definition) is 2. The molecule has 0 spiro atoms. The fourth-order valence-electron chi connectivity index (χ4n) is 1.54. The van der Waals surface area contributed by atoms with Gasteiger partial charge >= 0.3 is 0 Å². The summed E-state index contributed by atoms with van der Waals surface area (Å²) in [6.07, 6.45) is 1.45. The van der Waals surface area contributed by atoms with Gasteiger partial charge in [0.2, 0.25) is 5.91 Å². The number of aliphatic hydroxyl groups is 1. The van der Waals surface area contributed by atoms with Gasteiger partial charge in [0.1, 0.15) is 6.10 Å². The van der Waals surface area contributed by atoms with Crippen LogP contribution in [0.25, 0.3) is 0 Å². The highest BCUT2D eigenvalue weighted by molar-refractivity contribution is 5.80. The molecule has 2 N–H and O–H groups in total. The van der Waals surface area contributed by atoms with Crippen molar-refractivity contribution in [3.05, 3.63) is 0 Å². The van der Waals surface area contributed by atoms with E-state index in [1.165, 1.54) is 7.11 Å². The molecule has 15 heavy (non-hydrogen) atoms. The minimum atomic E-state index is -0.514. The van der Waals surface area contributed by atoms with Gasteiger partial charge in [-0.15, -0.1) is 0 Å². The smallest absolute Gasteiger partial charge is 0.249 e. The Bertz CT molecular complexity index is 192. The number of carbonyl (C=O) groups is 1. The molecule has 0 aromatic carbocycles. The fraction of sp³-hybridized carbons (Fsp3) is 0.900. The zero-order chi connectivity index (χ0) is 11.1. The molecule has 2 atom stereocenters. The summed E-state index contributed by atoms with van der Waals surface area (Å²) in [6, 6.07) is 0. The lowest BCUT2D eigenvalue weighted by Gasteiger charge is -2.12. The van der Waals surface area contributed by atoms with Crippen LogP contribution in [-0.2, 0) is 14.3 Å². The van der Waals surface area contributed by atoms with Gasteiger partial charge in [0.15, 0.2) is 0 Å². The van der Waals surface area contributed by atoms with E-state index >= 15 is 0 Å². The van der Waals surface area contributed by atoms with E-state index in [0.717, 1.165) is 12.8 Å². The van der Waals surface area contributed by atoms with E-state index in [9.17, 15) is 9.90 Å². The Morgan fingerprint density at radius 3 is 3.13 bits per heavy atom. The Labute approximate surface area is 89.8 Å². The van der Waals surface area contributed by atoms with Gasteiger partial charge in [-0.2, -0.15) is 0 Å². The van der Waals surface area contributed by atoms with E-state index in [1.807, 2.05) is 0 Å². The summed E-state index contributed by atoms with van der Waals surface area (Å²) >= 11 is 0. The molecule has 0 aromatic rings. The van der Waals surface area contributed by atoms with E-state index in [0.29, 0.717) is 26.2 Å². The number of nitrogens with one attached hydrogen (secondary N) is 1. The average molecular weight is 217 g/mol. The van der Waals surface area contributed by atoms with Crippen LogP contribution in [0.4, 0.5) is 0 Å². The van der Waals surface area contributed by atoms with Crippen molar-refractivity contribution < 1.29 is 19.4 Å². The number of ether oxygens (including phenoxy) is 2. The van der Waals surface area contributed by atoms with Crippen molar-refractivity contribution in [3.63, 3.8) is 0 Å². The first-order valence-corrected chi connectivity index (χ1v) is 5.30. The third-order valence-electron chi connectivity index (χ3n) is 2.36. The van der Waals surface area contributed by atoms with Crippen molar-refractivity contribution in [2.45, 2.75) is 31.5 Å². The molecule has 5 nitrogen and oxygen atoms in total. The first-order chi connectivity index (χ1) is 7.24. The predicted molar refractivity (Wildman–Crippen MR) is 54.5 cm³/mol. The Morgan fingerprint density at radius 2 is 2.53 bits per heavy atom. The van der Waals surface area contributed by atoms with Gasteiger partial charge in [0, 0.05) is 20.3 Å². The number of hydrogen-bond acceptors (Lipinski definition) is 4. The third-order valence-corrected chi connectivity index (χ3v) is 2.36.